The minimum Gasteiger partial charge on any atom is -0.346 e. The van der Waals surface area contributed by atoms with Gasteiger partial charge in [-0.2, -0.15) is 0 Å². The highest BCUT2D eigenvalue weighted by Crippen LogP contribution is 2.66. The maximum atomic E-state index is 13.7. The van der Waals surface area contributed by atoms with Gasteiger partial charge in [-0.1, -0.05) is 31.6 Å². The topological polar surface area (TPSA) is 78.1 Å². The van der Waals surface area contributed by atoms with Gasteiger partial charge in [0.05, 0.1) is 17.1 Å². The van der Waals surface area contributed by atoms with Gasteiger partial charge in [0.1, 0.15) is 5.82 Å². The molecule has 1 aromatic carbocycles. The van der Waals surface area contributed by atoms with E-state index >= 15 is 0 Å². The van der Waals surface area contributed by atoms with Gasteiger partial charge in [0.25, 0.3) is 0 Å². The van der Waals surface area contributed by atoms with Crippen LogP contribution in [0.2, 0.25) is 0 Å². The summed E-state index contributed by atoms with van der Waals surface area (Å²) in [5, 5.41) is 3.32. The van der Waals surface area contributed by atoms with Crippen molar-refractivity contribution >= 4 is 22.8 Å². The molecule has 1 aromatic heterocycles. The van der Waals surface area contributed by atoms with E-state index in [0.717, 1.165) is 55.4 Å². The zero-order valence-electron chi connectivity index (χ0n) is 22.4. The third-order valence-electron chi connectivity index (χ3n) is 10.8. The molecule has 2 amide bonds. The molecule has 3 aliphatic carbocycles. The van der Waals surface area contributed by atoms with Crippen LogP contribution >= 0.6 is 0 Å². The van der Waals surface area contributed by atoms with E-state index in [2.05, 4.69) is 31.1 Å². The van der Waals surface area contributed by atoms with Crippen LogP contribution in [-0.2, 0) is 9.59 Å². The summed E-state index contributed by atoms with van der Waals surface area (Å²) in [4.78, 5) is 36.3. The molecule has 1 aliphatic heterocycles. The summed E-state index contributed by atoms with van der Waals surface area (Å²) in [6, 6.07) is 7.85. The SMILES string of the molecule is CC1=C2N(C)C(=O)CC[C@]2(C)[C@H]2CC[C@]3(C)[C@@H](C(=O)NC(C)c4nc5ccccc5[nH]4)CC[C@H]3[C@@H]2C1. The van der Waals surface area contributed by atoms with Crippen LogP contribution in [0, 0.1) is 34.5 Å². The Morgan fingerprint density at radius 3 is 2.72 bits per heavy atom. The van der Waals surface area contributed by atoms with Crippen LogP contribution in [0.4, 0.5) is 0 Å². The summed E-state index contributed by atoms with van der Waals surface area (Å²) in [6.07, 6.45) is 7.02. The second-order valence-electron chi connectivity index (χ2n) is 12.6. The molecule has 6 heteroatoms. The highest BCUT2D eigenvalue weighted by atomic mass is 16.2. The first-order chi connectivity index (χ1) is 17.1. The molecule has 3 fully saturated rings. The number of aromatic amines is 1. The Labute approximate surface area is 214 Å². The number of amides is 2. The average molecular weight is 489 g/mol. The van der Waals surface area contributed by atoms with E-state index in [1.54, 1.807) is 0 Å². The number of aromatic nitrogens is 2. The van der Waals surface area contributed by atoms with Crippen LogP contribution in [0.5, 0.6) is 0 Å². The lowest BCUT2D eigenvalue weighted by molar-refractivity contribution is -0.139. The third kappa shape index (κ3) is 3.32. The number of para-hydroxylation sites is 2. The summed E-state index contributed by atoms with van der Waals surface area (Å²) < 4.78 is 0. The minimum absolute atomic E-state index is 0.0311. The van der Waals surface area contributed by atoms with Crippen molar-refractivity contribution in [1.82, 2.24) is 20.2 Å². The highest BCUT2D eigenvalue weighted by molar-refractivity contribution is 5.81. The number of hydrogen-bond donors (Lipinski definition) is 2. The van der Waals surface area contributed by atoms with Crippen molar-refractivity contribution in [2.45, 2.75) is 78.7 Å². The number of nitrogens with zero attached hydrogens (tertiary/aromatic N) is 2. The molecule has 4 aliphatic rings. The number of benzene rings is 1. The van der Waals surface area contributed by atoms with Crippen molar-refractivity contribution in [3.8, 4) is 0 Å². The van der Waals surface area contributed by atoms with Gasteiger partial charge in [0.15, 0.2) is 0 Å². The lowest BCUT2D eigenvalue weighted by Crippen LogP contribution is -2.55. The summed E-state index contributed by atoms with van der Waals surface area (Å²) in [5.74, 6) is 3.07. The fourth-order valence-corrected chi connectivity index (χ4v) is 9.10. The number of H-pyrrole nitrogens is 1. The summed E-state index contributed by atoms with van der Waals surface area (Å²) in [7, 11) is 1.98. The Hall–Kier alpha value is -2.63. The number of fused-ring (bicyclic) bond motifs is 6. The molecule has 2 aromatic rings. The lowest BCUT2D eigenvalue weighted by Gasteiger charge is -2.59. The average Bonchev–Trinajstić information content (AvgIpc) is 3.43. The van der Waals surface area contributed by atoms with Crippen LogP contribution in [0.1, 0.15) is 84.5 Å². The van der Waals surface area contributed by atoms with Crippen LogP contribution in [0.15, 0.2) is 35.5 Å². The van der Waals surface area contributed by atoms with Crippen molar-refractivity contribution in [2.75, 3.05) is 7.05 Å². The number of allylic oxidation sites excluding steroid dienone is 2. The van der Waals surface area contributed by atoms with Crippen LogP contribution in [0.3, 0.4) is 0 Å². The van der Waals surface area contributed by atoms with Crippen LogP contribution in [-0.4, -0.2) is 33.7 Å². The molecular formula is C30H40N4O2. The Morgan fingerprint density at radius 1 is 1.17 bits per heavy atom. The molecule has 1 unspecified atom stereocenters. The Kier molecular flexibility index (Phi) is 5.40. The molecule has 0 radical (unpaired) electrons. The van der Waals surface area contributed by atoms with E-state index in [1.165, 1.54) is 11.3 Å². The zero-order valence-corrected chi connectivity index (χ0v) is 22.4. The van der Waals surface area contributed by atoms with Gasteiger partial charge < -0.3 is 15.2 Å². The molecule has 2 saturated carbocycles. The van der Waals surface area contributed by atoms with Crippen molar-refractivity contribution in [2.24, 2.45) is 34.5 Å². The third-order valence-corrected chi connectivity index (χ3v) is 10.8. The largest absolute Gasteiger partial charge is 0.346 e. The maximum Gasteiger partial charge on any atom is 0.226 e. The van der Waals surface area contributed by atoms with Gasteiger partial charge in [-0.25, -0.2) is 4.98 Å². The van der Waals surface area contributed by atoms with Crippen molar-refractivity contribution in [3.05, 3.63) is 41.4 Å². The van der Waals surface area contributed by atoms with Gasteiger partial charge in [0, 0.05) is 30.5 Å². The molecule has 2 N–H and O–H groups in total. The van der Waals surface area contributed by atoms with E-state index in [4.69, 9.17) is 4.98 Å². The Morgan fingerprint density at radius 2 is 1.94 bits per heavy atom. The van der Waals surface area contributed by atoms with Gasteiger partial charge in [-0.3, -0.25) is 9.59 Å². The summed E-state index contributed by atoms with van der Waals surface area (Å²) in [5.41, 5.74) is 4.74. The first-order valence-corrected chi connectivity index (χ1v) is 13.9. The summed E-state index contributed by atoms with van der Waals surface area (Å²) in [6.45, 7) is 9.09. The highest BCUT2D eigenvalue weighted by Gasteiger charge is 2.61. The number of piperidine rings is 1. The van der Waals surface area contributed by atoms with Gasteiger partial charge in [-0.05, 0) is 87.7 Å². The first kappa shape index (κ1) is 23.7. The Balaban J connectivity index is 1.23. The zero-order chi connectivity index (χ0) is 25.4. The van der Waals surface area contributed by atoms with Crippen molar-refractivity contribution in [3.63, 3.8) is 0 Å². The normalized spacial score (nSPS) is 36.9. The van der Waals surface area contributed by atoms with E-state index in [1.807, 2.05) is 43.1 Å². The lowest BCUT2D eigenvalue weighted by atomic mass is 9.48. The van der Waals surface area contributed by atoms with Crippen molar-refractivity contribution < 1.29 is 9.59 Å². The first-order valence-electron chi connectivity index (χ1n) is 13.9. The quantitative estimate of drug-likeness (QED) is 0.579. The van der Waals surface area contributed by atoms with Gasteiger partial charge in [-0.15, -0.1) is 0 Å². The molecule has 6 rings (SSSR count). The van der Waals surface area contributed by atoms with Crippen molar-refractivity contribution in [1.29, 1.82) is 0 Å². The number of nitrogens with one attached hydrogen (secondary N) is 2. The molecule has 6 nitrogen and oxygen atoms in total. The standard InChI is InChI=1S/C30H40N4O2/c1-17-16-19-20-10-11-22(28(36)31-18(2)27-32-23-8-6-7-9-24(23)33-27)29(20,3)14-12-21(19)30(4)15-13-25(35)34(5)26(17)30/h6-9,18-22H,10-16H2,1-5H3,(H,31,36)(H,32,33)/t18?,19-,20-,21-,22+,29-,30+/m0/s1. The molecule has 7 atom stereocenters. The number of hydrogen-bond acceptors (Lipinski definition) is 3. The van der Waals surface area contributed by atoms with Crippen LogP contribution in [0.25, 0.3) is 11.0 Å². The van der Waals surface area contributed by atoms with E-state index in [9.17, 15) is 9.59 Å². The summed E-state index contributed by atoms with van der Waals surface area (Å²) >= 11 is 0. The number of imidazole rings is 1. The van der Waals surface area contributed by atoms with Gasteiger partial charge >= 0.3 is 0 Å². The molecule has 192 valence electrons. The second-order valence-corrected chi connectivity index (χ2v) is 12.6. The van der Waals surface area contributed by atoms with E-state index < -0.39 is 0 Å². The number of carbonyl (C=O) groups is 2. The maximum absolute atomic E-state index is 13.7. The van der Waals surface area contributed by atoms with E-state index in [-0.39, 0.29) is 34.6 Å². The number of likely N-dealkylation sites (tertiary alicyclic amines) is 1. The molecule has 0 spiro atoms. The molecule has 1 saturated heterocycles. The second kappa shape index (κ2) is 8.19. The molecular weight excluding hydrogens is 448 g/mol. The fraction of sp³-hybridized carbons (Fsp3) is 0.633. The molecule has 2 heterocycles. The molecule has 36 heavy (non-hydrogen) atoms. The van der Waals surface area contributed by atoms with Gasteiger partial charge in [0.2, 0.25) is 11.8 Å². The van der Waals surface area contributed by atoms with E-state index in [0.29, 0.717) is 24.2 Å². The predicted octanol–water partition coefficient (Wildman–Crippen LogP) is 5.74. The number of rotatable bonds is 3. The fourth-order valence-electron chi connectivity index (χ4n) is 9.10. The predicted molar refractivity (Wildman–Crippen MR) is 141 cm³/mol. The monoisotopic (exact) mass is 488 g/mol. The smallest absolute Gasteiger partial charge is 0.226 e. The Bertz CT molecular complexity index is 1230. The van der Waals surface area contributed by atoms with Crippen LogP contribution < -0.4 is 5.32 Å². The minimum atomic E-state index is -0.152. The molecule has 0 bridgehead atoms. The number of carbonyl (C=O) groups excluding carboxylic acids is 2.